The molecule has 0 saturated heterocycles. The monoisotopic (exact) mass is 359 g/mol. The van der Waals surface area contributed by atoms with Gasteiger partial charge in [0.2, 0.25) is 0 Å². The second-order valence-corrected chi connectivity index (χ2v) is 6.08. The molecule has 0 bridgehead atoms. The molecule has 2 aromatic carbocycles. The Bertz CT molecular complexity index is 673. The Morgan fingerprint density at radius 2 is 1.65 bits per heavy atom. The van der Waals surface area contributed by atoms with E-state index in [1.54, 1.807) is 12.1 Å². The molecule has 0 spiro atoms. The summed E-state index contributed by atoms with van der Waals surface area (Å²) >= 11 is 0. The third kappa shape index (κ3) is 7.55. The van der Waals surface area contributed by atoms with E-state index in [1.807, 2.05) is 12.1 Å². The highest BCUT2D eigenvalue weighted by Crippen LogP contribution is 2.20. The van der Waals surface area contributed by atoms with Crippen molar-refractivity contribution in [1.82, 2.24) is 0 Å². The van der Waals surface area contributed by atoms with Crippen LogP contribution in [0.5, 0.6) is 11.5 Å². The first-order valence-corrected chi connectivity index (χ1v) is 9.08. The summed E-state index contributed by atoms with van der Waals surface area (Å²) in [5, 5.41) is 2.65. The third-order valence-electron chi connectivity index (χ3n) is 3.82. The predicted molar refractivity (Wildman–Crippen MR) is 101 cm³/mol. The Labute approximate surface area is 154 Å². The summed E-state index contributed by atoms with van der Waals surface area (Å²) in [6.07, 6.45) is 5.95. The lowest BCUT2D eigenvalue weighted by atomic mass is 10.2. The number of anilines is 1. The molecule has 0 atom stereocenters. The molecule has 0 aliphatic rings. The highest BCUT2D eigenvalue weighted by molar-refractivity contribution is 5.91. The summed E-state index contributed by atoms with van der Waals surface area (Å²) in [5.74, 6) is 0.653. The maximum atomic E-state index is 12.8. The molecule has 4 nitrogen and oxygen atoms in total. The van der Waals surface area contributed by atoms with Crippen LogP contribution in [0.1, 0.15) is 39.0 Å². The summed E-state index contributed by atoms with van der Waals surface area (Å²) in [4.78, 5) is 11.9. The molecule has 0 heterocycles. The van der Waals surface area contributed by atoms with Crippen molar-refractivity contribution in [3.63, 3.8) is 0 Å². The van der Waals surface area contributed by atoms with Crippen molar-refractivity contribution in [3.05, 3.63) is 54.3 Å². The second-order valence-electron chi connectivity index (χ2n) is 6.08. The largest absolute Gasteiger partial charge is 0.493 e. The fourth-order valence-electron chi connectivity index (χ4n) is 2.43. The van der Waals surface area contributed by atoms with Crippen LogP contribution >= 0.6 is 0 Å². The smallest absolute Gasteiger partial charge is 0.262 e. The number of hydrogen-bond donors (Lipinski definition) is 1. The van der Waals surface area contributed by atoms with Crippen LogP contribution in [0.15, 0.2) is 48.5 Å². The molecule has 0 unspecified atom stereocenters. The standard InChI is InChI=1S/C21H26FNO3/c1-2-3-4-5-6-14-25-19-8-7-9-20(15-19)26-16-21(24)23-18-12-10-17(22)11-13-18/h7-13,15H,2-6,14,16H2,1H3,(H,23,24). The number of rotatable bonds is 11. The summed E-state index contributed by atoms with van der Waals surface area (Å²) in [6.45, 7) is 2.75. The molecule has 2 rings (SSSR count). The van der Waals surface area contributed by atoms with Crippen LogP contribution in [0.25, 0.3) is 0 Å². The van der Waals surface area contributed by atoms with Crippen LogP contribution < -0.4 is 14.8 Å². The maximum absolute atomic E-state index is 12.8. The van der Waals surface area contributed by atoms with Crippen molar-refractivity contribution in [2.24, 2.45) is 0 Å². The molecule has 1 amide bonds. The van der Waals surface area contributed by atoms with Gasteiger partial charge in [0.25, 0.3) is 5.91 Å². The number of unbranched alkanes of at least 4 members (excludes halogenated alkanes) is 4. The molecular formula is C21H26FNO3. The topological polar surface area (TPSA) is 47.6 Å². The molecule has 2 aromatic rings. The summed E-state index contributed by atoms with van der Waals surface area (Å²) < 4.78 is 24.1. The van der Waals surface area contributed by atoms with Gasteiger partial charge >= 0.3 is 0 Å². The average molecular weight is 359 g/mol. The lowest BCUT2D eigenvalue weighted by Gasteiger charge is -2.10. The molecule has 0 aromatic heterocycles. The van der Waals surface area contributed by atoms with Gasteiger partial charge in [-0.1, -0.05) is 38.7 Å². The first-order chi connectivity index (χ1) is 12.7. The summed E-state index contributed by atoms with van der Waals surface area (Å²) in [6, 6.07) is 12.8. The van der Waals surface area contributed by atoms with Gasteiger partial charge in [0.15, 0.2) is 6.61 Å². The van der Waals surface area contributed by atoms with E-state index in [9.17, 15) is 9.18 Å². The van der Waals surface area contributed by atoms with E-state index in [0.717, 1.165) is 12.2 Å². The minimum absolute atomic E-state index is 0.127. The summed E-state index contributed by atoms with van der Waals surface area (Å²) in [7, 11) is 0. The van der Waals surface area contributed by atoms with Crippen LogP contribution in [0, 0.1) is 5.82 Å². The molecule has 140 valence electrons. The van der Waals surface area contributed by atoms with Crippen LogP contribution in [-0.4, -0.2) is 19.1 Å². The Hall–Kier alpha value is -2.56. The van der Waals surface area contributed by atoms with Gasteiger partial charge in [-0.25, -0.2) is 4.39 Å². The number of carbonyl (C=O) groups is 1. The van der Waals surface area contributed by atoms with Crippen molar-refractivity contribution in [1.29, 1.82) is 0 Å². The first kappa shape index (κ1) is 19.8. The van der Waals surface area contributed by atoms with Crippen molar-refractivity contribution in [2.45, 2.75) is 39.0 Å². The van der Waals surface area contributed by atoms with Gasteiger partial charge in [-0.05, 0) is 42.8 Å². The normalized spacial score (nSPS) is 10.4. The summed E-state index contributed by atoms with van der Waals surface area (Å²) in [5.41, 5.74) is 0.528. The van der Waals surface area contributed by atoms with Crippen LogP contribution in [0.2, 0.25) is 0 Å². The minimum Gasteiger partial charge on any atom is -0.493 e. The lowest BCUT2D eigenvalue weighted by Crippen LogP contribution is -2.20. The number of halogens is 1. The van der Waals surface area contributed by atoms with Crippen LogP contribution in [0.3, 0.4) is 0 Å². The van der Waals surface area contributed by atoms with Crippen LogP contribution in [0.4, 0.5) is 10.1 Å². The van der Waals surface area contributed by atoms with Gasteiger partial charge in [0.1, 0.15) is 17.3 Å². The van der Waals surface area contributed by atoms with Gasteiger partial charge < -0.3 is 14.8 Å². The third-order valence-corrected chi connectivity index (χ3v) is 3.82. The predicted octanol–water partition coefficient (Wildman–Crippen LogP) is 5.19. The Kier molecular flexibility index (Phi) is 8.46. The molecule has 0 aliphatic carbocycles. The quantitative estimate of drug-likeness (QED) is 0.562. The fourth-order valence-corrected chi connectivity index (χ4v) is 2.43. The minimum atomic E-state index is -0.346. The molecule has 5 heteroatoms. The van der Waals surface area contributed by atoms with E-state index in [0.29, 0.717) is 18.0 Å². The molecule has 1 N–H and O–H groups in total. The number of benzene rings is 2. The average Bonchev–Trinajstić information content (AvgIpc) is 2.65. The van der Waals surface area contributed by atoms with Crippen LogP contribution in [-0.2, 0) is 4.79 Å². The molecule has 0 fully saturated rings. The van der Waals surface area contributed by atoms with E-state index in [1.165, 1.54) is 49.9 Å². The SMILES string of the molecule is CCCCCCCOc1cccc(OCC(=O)Nc2ccc(F)cc2)c1. The van der Waals surface area contributed by atoms with E-state index >= 15 is 0 Å². The van der Waals surface area contributed by atoms with E-state index in [-0.39, 0.29) is 18.3 Å². The van der Waals surface area contributed by atoms with Gasteiger partial charge in [-0.2, -0.15) is 0 Å². The second kappa shape index (κ2) is 11.1. The number of ether oxygens (including phenoxy) is 2. The molecule has 26 heavy (non-hydrogen) atoms. The maximum Gasteiger partial charge on any atom is 0.262 e. The highest BCUT2D eigenvalue weighted by atomic mass is 19.1. The van der Waals surface area contributed by atoms with E-state index in [4.69, 9.17) is 9.47 Å². The van der Waals surface area contributed by atoms with Gasteiger partial charge in [0.05, 0.1) is 6.61 Å². The van der Waals surface area contributed by atoms with E-state index < -0.39 is 0 Å². The van der Waals surface area contributed by atoms with Crippen molar-refractivity contribution >= 4 is 11.6 Å². The Balaban J connectivity index is 1.71. The molecule has 0 saturated carbocycles. The van der Waals surface area contributed by atoms with Crippen molar-refractivity contribution in [2.75, 3.05) is 18.5 Å². The first-order valence-electron chi connectivity index (χ1n) is 9.08. The lowest BCUT2D eigenvalue weighted by molar-refractivity contribution is -0.118. The van der Waals surface area contributed by atoms with Gasteiger partial charge in [-0.15, -0.1) is 0 Å². The molecule has 0 radical (unpaired) electrons. The number of hydrogen-bond acceptors (Lipinski definition) is 3. The Morgan fingerprint density at radius 3 is 2.38 bits per heavy atom. The van der Waals surface area contributed by atoms with Gasteiger partial charge in [-0.3, -0.25) is 4.79 Å². The fraction of sp³-hybridized carbons (Fsp3) is 0.381. The zero-order valence-electron chi connectivity index (χ0n) is 15.2. The Morgan fingerprint density at radius 1 is 0.962 bits per heavy atom. The molecular weight excluding hydrogens is 333 g/mol. The highest BCUT2D eigenvalue weighted by Gasteiger charge is 2.05. The number of amides is 1. The van der Waals surface area contributed by atoms with E-state index in [2.05, 4.69) is 12.2 Å². The zero-order chi connectivity index (χ0) is 18.6. The number of nitrogens with one attached hydrogen (secondary N) is 1. The number of carbonyl (C=O) groups excluding carboxylic acids is 1. The molecule has 0 aliphatic heterocycles. The van der Waals surface area contributed by atoms with Crippen molar-refractivity contribution < 1.29 is 18.7 Å². The van der Waals surface area contributed by atoms with Gasteiger partial charge in [0, 0.05) is 11.8 Å². The zero-order valence-corrected chi connectivity index (χ0v) is 15.2. The van der Waals surface area contributed by atoms with Crippen molar-refractivity contribution in [3.8, 4) is 11.5 Å².